The van der Waals surface area contributed by atoms with Crippen LogP contribution in [0.3, 0.4) is 0 Å². The van der Waals surface area contributed by atoms with Crippen molar-refractivity contribution in [1.82, 2.24) is 19.4 Å². The van der Waals surface area contributed by atoms with Crippen molar-refractivity contribution in [2.75, 3.05) is 19.8 Å². The van der Waals surface area contributed by atoms with Crippen molar-refractivity contribution in [2.24, 2.45) is 5.92 Å². The van der Waals surface area contributed by atoms with Crippen molar-refractivity contribution in [3.8, 4) is 23.0 Å². The van der Waals surface area contributed by atoms with Crippen LogP contribution in [0.15, 0.2) is 34.4 Å². The molecule has 1 aromatic carbocycles. The summed E-state index contributed by atoms with van der Waals surface area (Å²) in [4.78, 5) is 37.3. The van der Waals surface area contributed by atoms with E-state index in [-0.39, 0.29) is 30.4 Å². The van der Waals surface area contributed by atoms with Crippen molar-refractivity contribution < 1.29 is 14.3 Å². The number of aromatic carboxylic acids is 1. The molecule has 6 rings (SSSR count). The van der Waals surface area contributed by atoms with Gasteiger partial charge in [0.05, 0.1) is 34.7 Å². The molecule has 0 bridgehead atoms. The summed E-state index contributed by atoms with van der Waals surface area (Å²) in [5, 5.41) is 11.8. The number of halogens is 2. The molecule has 2 aliphatic rings. The lowest BCUT2D eigenvalue weighted by atomic mass is 9.88. The summed E-state index contributed by atoms with van der Waals surface area (Å²) in [6.45, 7) is 5.50. The van der Waals surface area contributed by atoms with E-state index in [2.05, 4.69) is 21.7 Å². The van der Waals surface area contributed by atoms with Crippen LogP contribution in [0.4, 0.5) is 4.39 Å². The fraction of sp³-hybridized carbons (Fsp3) is 0.412. The lowest BCUT2D eigenvalue weighted by Crippen LogP contribution is -2.47. The first-order valence-corrected chi connectivity index (χ1v) is 16.3. The molecule has 3 aromatic heterocycles. The lowest BCUT2D eigenvalue weighted by molar-refractivity contribution is 0.0699. The van der Waals surface area contributed by atoms with E-state index >= 15 is 0 Å². The Hall–Kier alpha value is -3.58. The van der Waals surface area contributed by atoms with Gasteiger partial charge in [0.15, 0.2) is 0 Å². The predicted octanol–water partition coefficient (Wildman–Crippen LogP) is 6.47. The highest BCUT2D eigenvalue weighted by atomic mass is 35.5. The Balaban J connectivity index is 1.29. The van der Waals surface area contributed by atoms with Gasteiger partial charge in [-0.15, -0.1) is 11.3 Å². The molecule has 44 heavy (non-hydrogen) atoms. The SMILES string of the molecule is Cc1cc(-c2cc(Cl)ccc2C#CCn2c(C)nc3c(c2=O)CC(N2CCCC(CCF)C2)CC3)c2scc(C(=O)O)c2n1. The quantitative estimate of drug-likeness (QED) is 0.245. The molecule has 4 aromatic rings. The number of carboxylic acid groups (broad SMARTS) is 1. The molecular weight excluding hydrogens is 599 g/mol. The lowest BCUT2D eigenvalue weighted by Gasteiger charge is -2.40. The van der Waals surface area contributed by atoms with Gasteiger partial charge in [0.1, 0.15) is 5.82 Å². The van der Waals surface area contributed by atoms with Gasteiger partial charge in [0, 0.05) is 50.9 Å². The number of nitrogens with zero attached hydrogens (tertiary/aromatic N) is 4. The van der Waals surface area contributed by atoms with Gasteiger partial charge in [0.2, 0.25) is 0 Å². The van der Waals surface area contributed by atoms with Gasteiger partial charge in [-0.1, -0.05) is 23.4 Å². The average molecular weight is 633 g/mol. The topological polar surface area (TPSA) is 88.3 Å². The third-order valence-corrected chi connectivity index (χ3v) is 10.1. The van der Waals surface area contributed by atoms with Crippen molar-refractivity contribution in [1.29, 1.82) is 0 Å². The Morgan fingerprint density at radius 2 is 2.05 bits per heavy atom. The molecule has 1 fully saturated rings. The van der Waals surface area contributed by atoms with Crippen molar-refractivity contribution >= 4 is 39.1 Å². The van der Waals surface area contributed by atoms with Crippen LogP contribution >= 0.6 is 22.9 Å². The summed E-state index contributed by atoms with van der Waals surface area (Å²) in [6.07, 6.45) is 5.16. The van der Waals surface area contributed by atoms with Crippen LogP contribution in [0.25, 0.3) is 21.3 Å². The normalized spacial score (nSPS) is 18.5. The van der Waals surface area contributed by atoms with Crippen molar-refractivity contribution in [3.05, 3.63) is 78.9 Å². The number of likely N-dealkylation sites (tertiary alicyclic amines) is 1. The number of alkyl halides is 1. The standard InChI is InChI=1S/C34H34ClFN4O3S/c1-20-15-27(32-31(37-20)29(19-44-32)34(42)43)26-16-24(35)8-7-23(26)6-4-14-40-21(2)38-30-10-9-25(17-28(30)33(40)41)39-13-3-5-22(18-39)11-12-36/h7-8,15-16,19,22,25H,3,5,9-14,17-18H2,1-2H3,(H,42,43). The van der Waals surface area contributed by atoms with Gasteiger partial charge < -0.3 is 5.11 Å². The van der Waals surface area contributed by atoms with Crippen LogP contribution in [0.5, 0.6) is 0 Å². The van der Waals surface area contributed by atoms with Gasteiger partial charge in [-0.3, -0.25) is 23.6 Å². The van der Waals surface area contributed by atoms with Gasteiger partial charge >= 0.3 is 5.97 Å². The van der Waals surface area contributed by atoms with E-state index in [0.717, 1.165) is 71.4 Å². The first-order chi connectivity index (χ1) is 21.2. The molecule has 1 saturated heterocycles. The average Bonchev–Trinajstić information content (AvgIpc) is 3.43. The van der Waals surface area contributed by atoms with Gasteiger partial charge in [-0.2, -0.15) is 0 Å². The van der Waals surface area contributed by atoms with Crippen LogP contribution in [-0.4, -0.2) is 56.3 Å². The molecule has 7 nitrogen and oxygen atoms in total. The summed E-state index contributed by atoms with van der Waals surface area (Å²) in [7, 11) is 0. The second-order valence-corrected chi connectivity index (χ2v) is 13.1. The third-order valence-electron chi connectivity index (χ3n) is 8.89. The van der Waals surface area contributed by atoms with Gasteiger partial charge in [0.25, 0.3) is 5.56 Å². The maximum Gasteiger partial charge on any atom is 0.338 e. The fourth-order valence-electron chi connectivity index (χ4n) is 6.68. The Labute approximate surface area is 264 Å². The Bertz CT molecular complexity index is 1870. The molecule has 228 valence electrons. The van der Waals surface area contributed by atoms with Crippen LogP contribution < -0.4 is 5.56 Å². The van der Waals surface area contributed by atoms with E-state index < -0.39 is 5.97 Å². The van der Waals surface area contributed by atoms with E-state index in [0.29, 0.717) is 40.8 Å². The summed E-state index contributed by atoms with van der Waals surface area (Å²) >= 11 is 7.74. The first-order valence-electron chi connectivity index (χ1n) is 15.0. The van der Waals surface area contributed by atoms with E-state index in [1.54, 1.807) is 16.0 Å². The van der Waals surface area contributed by atoms with E-state index in [4.69, 9.17) is 16.6 Å². The smallest absolute Gasteiger partial charge is 0.338 e. The number of carboxylic acids is 1. The molecule has 0 amide bonds. The molecule has 0 spiro atoms. The van der Waals surface area contributed by atoms with Gasteiger partial charge in [-0.25, -0.2) is 9.78 Å². The van der Waals surface area contributed by atoms with E-state index in [1.807, 2.05) is 32.0 Å². The third kappa shape index (κ3) is 6.03. The number of hydrogen-bond acceptors (Lipinski definition) is 6. The highest BCUT2D eigenvalue weighted by Gasteiger charge is 2.31. The maximum atomic E-state index is 13.8. The molecule has 10 heteroatoms. The number of rotatable bonds is 6. The molecule has 1 aliphatic carbocycles. The van der Waals surface area contributed by atoms with Crippen LogP contribution in [-0.2, 0) is 19.4 Å². The summed E-state index contributed by atoms with van der Waals surface area (Å²) < 4.78 is 15.4. The summed E-state index contributed by atoms with van der Waals surface area (Å²) in [6, 6.07) is 7.64. The number of hydrogen-bond donors (Lipinski definition) is 1. The molecule has 2 unspecified atom stereocenters. The number of pyridine rings is 1. The molecule has 0 saturated carbocycles. The number of carbonyl (C=O) groups is 1. The maximum absolute atomic E-state index is 13.8. The highest BCUT2D eigenvalue weighted by molar-refractivity contribution is 7.18. The summed E-state index contributed by atoms with van der Waals surface area (Å²) in [5.41, 5.74) is 5.24. The zero-order chi connectivity index (χ0) is 31.0. The zero-order valence-corrected chi connectivity index (χ0v) is 26.4. The largest absolute Gasteiger partial charge is 0.478 e. The second-order valence-electron chi connectivity index (χ2n) is 11.8. The number of thiophene rings is 1. The monoisotopic (exact) mass is 632 g/mol. The predicted molar refractivity (Wildman–Crippen MR) is 173 cm³/mol. The highest BCUT2D eigenvalue weighted by Crippen LogP contribution is 2.37. The number of aryl methyl sites for hydroxylation is 3. The Morgan fingerprint density at radius 1 is 1.20 bits per heavy atom. The minimum atomic E-state index is -1.02. The Morgan fingerprint density at radius 3 is 2.84 bits per heavy atom. The fourth-order valence-corrected chi connectivity index (χ4v) is 7.86. The molecule has 4 heterocycles. The second kappa shape index (κ2) is 12.8. The molecule has 1 aliphatic heterocycles. The van der Waals surface area contributed by atoms with Crippen molar-refractivity contribution in [3.63, 3.8) is 0 Å². The van der Waals surface area contributed by atoms with Crippen LogP contribution in [0.2, 0.25) is 5.02 Å². The van der Waals surface area contributed by atoms with Crippen LogP contribution in [0, 0.1) is 31.6 Å². The minimum Gasteiger partial charge on any atom is -0.478 e. The van der Waals surface area contributed by atoms with E-state index in [9.17, 15) is 19.1 Å². The number of benzene rings is 1. The van der Waals surface area contributed by atoms with Gasteiger partial charge in [-0.05, 0) is 89.1 Å². The molecule has 2 atom stereocenters. The number of fused-ring (bicyclic) bond motifs is 2. The first kappa shape index (κ1) is 30.4. The molecule has 1 N–H and O–H groups in total. The van der Waals surface area contributed by atoms with E-state index in [1.165, 1.54) is 11.3 Å². The Kier molecular flexibility index (Phi) is 8.86. The van der Waals surface area contributed by atoms with Crippen LogP contribution in [0.1, 0.15) is 64.4 Å². The molecule has 0 radical (unpaired) electrons. The number of aromatic nitrogens is 3. The number of piperidine rings is 1. The minimum absolute atomic E-state index is 0.0357. The molecular formula is C34H34ClFN4O3S. The van der Waals surface area contributed by atoms with Crippen molar-refractivity contribution in [2.45, 2.75) is 65.0 Å². The zero-order valence-electron chi connectivity index (χ0n) is 24.8. The summed E-state index contributed by atoms with van der Waals surface area (Å²) in [5.74, 6) is 6.46.